The lowest BCUT2D eigenvalue weighted by Gasteiger charge is -2.16. The van der Waals surface area contributed by atoms with Crippen LogP contribution in [0.3, 0.4) is 0 Å². The van der Waals surface area contributed by atoms with Crippen molar-refractivity contribution in [3.63, 3.8) is 0 Å². The molecule has 2 rings (SSSR count). The van der Waals surface area contributed by atoms with Gasteiger partial charge in [0, 0.05) is 23.1 Å². The summed E-state index contributed by atoms with van der Waals surface area (Å²) >= 11 is 0. The van der Waals surface area contributed by atoms with Gasteiger partial charge >= 0.3 is 11.9 Å². The number of benzene rings is 1. The van der Waals surface area contributed by atoms with Gasteiger partial charge in [-0.3, -0.25) is 10.1 Å². The summed E-state index contributed by atoms with van der Waals surface area (Å²) < 4.78 is 15.5. The van der Waals surface area contributed by atoms with E-state index in [9.17, 15) is 19.7 Å². The number of furan rings is 1. The van der Waals surface area contributed by atoms with Crippen LogP contribution in [-0.2, 0) is 14.9 Å². The highest BCUT2D eigenvalue weighted by atomic mass is 16.6. The molecule has 0 saturated carbocycles. The van der Waals surface area contributed by atoms with Gasteiger partial charge in [-0.2, -0.15) is 0 Å². The largest absolute Gasteiger partial charge is 0.465 e. The van der Waals surface area contributed by atoms with Crippen molar-refractivity contribution in [3.05, 3.63) is 51.3 Å². The van der Waals surface area contributed by atoms with Crippen molar-refractivity contribution in [1.82, 2.24) is 0 Å². The SMILES string of the molecule is COC(=O)c1c(-c2cccc([N+](=O)[O-])c2)oc(C(C)(C)C)c1C(=O)OC. The van der Waals surface area contributed by atoms with Gasteiger partial charge in [-0.25, -0.2) is 9.59 Å². The summed E-state index contributed by atoms with van der Waals surface area (Å²) in [5, 5.41) is 11.1. The molecule has 0 radical (unpaired) electrons. The van der Waals surface area contributed by atoms with E-state index in [1.54, 1.807) is 26.8 Å². The van der Waals surface area contributed by atoms with Crippen molar-refractivity contribution in [2.45, 2.75) is 26.2 Å². The minimum atomic E-state index is -0.800. The molecule has 0 bridgehead atoms. The molecule has 0 spiro atoms. The number of nitro groups is 1. The van der Waals surface area contributed by atoms with Gasteiger partial charge in [-0.15, -0.1) is 0 Å². The second-order valence-electron chi connectivity index (χ2n) is 6.55. The molecule has 0 aliphatic carbocycles. The summed E-state index contributed by atoms with van der Waals surface area (Å²) in [6.45, 7) is 5.41. The van der Waals surface area contributed by atoms with Crippen molar-refractivity contribution in [3.8, 4) is 11.3 Å². The highest BCUT2D eigenvalue weighted by Crippen LogP contribution is 2.39. The maximum absolute atomic E-state index is 12.4. The highest BCUT2D eigenvalue weighted by molar-refractivity contribution is 6.08. The lowest BCUT2D eigenvalue weighted by atomic mass is 9.89. The molecule has 26 heavy (non-hydrogen) atoms. The van der Waals surface area contributed by atoms with Crippen LogP contribution in [0.4, 0.5) is 5.69 Å². The Balaban J connectivity index is 2.87. The fourth-order valence-electron chi connectivity index (χ4n) is 2.52. The monoisotopic (exact) mass is 361 g/mol. The lowest BCUT2D eigenvalue weighted by molar-refractivity contribution is -0.384. The first-order chi connectivity index (χ1) is 12.1. The molecule has 8 nitrogen and oxygen atoms in total. The van der Waals surface area contributed by atoms with Crippen LogP contribution in [0.25, 0.3) is 11.3 Å². The van der Waals surface area contributed by atoms with E-state index in [2.05, 4.69) is 0 Å². The zero-order chi connectivity index (χ0) is 19.6. The molecule has 1 heterocycles. The normalized spacial score (nSPS) is 11.1. The first-order valence-electron chi connectivity index (χ1n) is 7.70. The Bertz CT molecular complexity index is 874. The van der Waals surface area contributed by atoms with Crippen molar-refractivity contribution < 1.29 is 28.4 Å². The van der Waals surface area contributed by atoms with E-state index in [0.29, 0.717) is 0 Å². The van der Waals surface area contributed by atoms with Gasteiger partial charge in [0.25, 0.3) is 5.69 Å². The van der Waals surface area contributed by atoms with Crippen molar-refractivity contribution in [2.75, 3.05) is 14.2 Å². The third-order valence-electron chi connectivity index (χ3n) is 3.69. The summed E-state index contributed by atoms with van der Waals surface area (Å²) in [6.07, 6.45) is 0. The molecule has 0 saturated heterocycles. The van der Waals surface area contributed by atoms with E-state index in [0.717, 1.165) is 0 Å². The van der Waals surface area contributed by atoms with Crippen molar-refractivity contribution in [2.24, 2.45) is 0 Å². The number of methoxy groups -OCH3 is 2. The minimum Gasteiger partial charge on any atom is -0.465 e. The summed E-state index contributed by atoms with van der Waals surface area (Å²) in [7, 11) is 2.36. The molecule has 0 amide bonds. The van der Waals surface area contributed by atoms with Gasteiger partial charge in [0.1, 0.15) is 22.6 Å². The number of esters is 2. The number of ether oxygens (including phenoxy) is 2. The van der Waals surface area contributed by atoms with Crippen LogP contribution in [0, 0.1) is 10.1 Å². The molecule has 0 N–H and O–H groups in total. The fraction of sp³-hybridized carbons (Fsp3) is 0.333. The Morgan fingerprint density at radius 1 is 1.08 bits per heavy atom. The van der Waals surface area contributed by atoms with Crippen molar-refractivity contribution >= 4 is 17.6 Å². The Labute approximate surface area is 149 Å². The Hall–Kier alpha value is -3.16. The van der Waals surface area contributed by atoms with E-state index >= 15 is 0 Å². The van der Waals surface area contributed by atoms with E-state index in [1.807, 2.05) is 0 Å². The van der Waals surface area contributed by atoms with E-state index in [4.69, 9.17) is 13.9 Å². The summed E-state index contributed by atoms with van der Waals surface area (Å²) in [5.41, 5.74) is -0.698. The number of non-ortho nitro benzene ring substituents is 1. The molecule has 2 aromatic rings. The van der Waals surface area contributed by atoms with Gasteiger partial charge in [0.2, 0.25) is 0 Å². The smallest absolute Gasteiger partial charge is 0.342 e. The van der Waals surface area contributed by atoms with Gasteiger partial charge < -0.3 is 13.9 Å². The minimum absolute atomic E-state index is 0.0193. The summed E-state index contributed by atoms with van der Waals surface area (Å²) in [4.78, 5) is 35.2. The van der Waals surface area contributed by atoms with Gasteiger partial charge in [-0.05, 0) is 0 Å². The van der Waals surface area contributed by atoms with Crippen molar-refractivity contribution in [1.29, 1.82) is 0 Å². The predicted molar refractivity (Wildman–Crippen MR) is 92.2 cm³/mol. The Morgan fingerprint density at radius 2 is 1.65 bits per heavy atom. The van der Waals surface area contributed by atoms with Crippen LogP contribution < -0.4 is 0 Å². The Kier molecular flexibility index (Phi) is 5.15. The molecule has 0 unspecified atom stereocenters. The molecule has 0 aliphatic rings. The number of nitro benzene ring substituents is 1. The molecule has 0 aliphatic heterocycles. The number of hydrogen-bond acceptors (Lipinski definition) is 7. The average Bonchev–Trinajstić information content (AvgIpc) is 3.01. The first-order valence-corrected chi connectivity index (χ1v) is 7.70. The second-order valence-corrected chi connectivity index (χ2v) is 6.55. The molecule has 138 valence electrons. The molecule has 1 aromatic carbocycles. The van der Waals surface area contributed by atoms with Gasteiger partial charge in [0.15, 0.2) is 0 Å². The van der Waals surface area contributed by atoms with Gasteiger partial charge in [-0.1, -0.05) is 32.9 Å². The average molecular weight is 361 g/mol. The molecule has 0 fully saturated rings. The summed E-state index contributed by atoms with van der Waals surface area (Å²) in [5.74, 6) is -1.31. The zero-order valence-electron chi connectivity index (χ0n) is 15.1. The topological polar surface area (TPSA) is 109 Å². The van der Waals surface area contributed by atoms with Crippen LogP contribution in [0.5, 0.6) is 0 Å². The quantitative estimate of drug-likeness (QED) is 0.464. The number of carbonyl (C=O) groups excluding carboxylic acids is 2. The van der Waals surface area contributed by atoms with Crippen LogP contribution >= 0.6 is 0 Å². The third-order valence-corrected chi connectivity index (χ3v) is 3.69. The summed E-state index contributed by atoms with van der Waals surface area (Å²) in [6, 6.07) is 5.59. The standard InChI is InChI=1S/C18H19NO7/c1-18(2,3)15-13(17(21)25-5)12(16(20)24-4)14(26-15)10-7-6-8-11(9-10)19(22)23/h6-9H,1-5H3. The maximum atomic E-state index is 12.4. The second kappa shape index (κ2) is 6.99. The lowest BCUT2D eigenvalue weighted by Crippen LogP contribution is -2.18. The van der Waals surface area contributed by atoms with Crippen LogP contribution in [0.2, 0.25) is 0 Å². The van der Waals surface area contributed by atoms with Crippen LogP contribution in [0.1, 0.15) is 47.2 Å². The molecule has 0 atom stereocenters. The highest BCUT2D eigenvalue weighted by Gasteiger charge is 2.37. The number of hydrogen-bond donors (Lipinski definition) is 0. The van der Waals surface area contributed by atoms with E-state index in [1.165, 1.54) is 32.4 Å². The first kappa shape index (κ1) is 19.2. The molecular weight excluding hydrogens is 342 g/mol. The zero-order valence-corrected chi connectivity index (χ0v) is 15.1. The number of nitrogens with zero attached hydrogens (tertiary/aromatic N) is 1. The van der Waals surface area contributed by atoms with E-state index in [-0.39, 0.29) is 33.9 Å². The maximum Gasteiger partial charge on any atom is 0.342 e. The van der Waals surface area contributed by atoms with Crippen LogP contribution in [0.15, 0.2) is 28.7 Å². The number of carbonyl (C=O) groups is 2. The Morgan fingerprint density at radius 3 is 2.15 bits per heavy atom. The predicted octanol–water partition coefficient (Wildman–Crippen LogP) is 3.73. The molecule has 1 aromatic heterocycles. The molecular formula is C18H19NO7. The van der Waals surface area contributed by atoms with Gasteiger partial charge in [0.05, 0.1) is 19.1 Å². The van der Waals surface area contributed by atoms with E-state index < -0.39 is 22.3 Å². The molecule has 8 heteroatoms. The number of rotatable bonds is 4. The van der Waals surface area contributed by atoms with Crippen LogP contribution in [-0.4, -0.2) is 31.1 Å². The third kappa shape index (κ3) is 3.44. The fourth-order valence-corrected chi connectivity index (χ4v) is 2.52.